The van der Waals surface area contributed by atoms with Gasteiger partial charge in [0.2, 0.25) is 0 Å². The van der Waals surface area contributed by atoms with Gasteiger partial charge in [-0.2, -0.15) is 5.26 Å². The van der Waals surface area contributed by atoms with Crippen LogP contribution in [0.5, 0.6) is 0 Å². The second-order valence-electron chi connectivity index (χ2n) is 3.82. The molecule has 0 amide bonds. The molecule has 0 aliphatic carbocycles. The van der Waals surface area contributed by atoms with Crippen molar-refractivity contribution in [3.05, 3.63) is 41.6 Å². The number of esters is 1. The van der Waals surface area contributed by atoms with Crippen LogP contribution in [0.3, 0.4) is 0 Å². The van der Waals surface area contributed by atoms with Crippen LogP contribution in [0.1, 0.15) is 29.4 Å². The van der Waals surface area contributed by atoms with Gasteiger partial charge < -0.3 is 4.74 Å². The first-order valence-electron chi connectivity index (χ1n) is 5.73. The molecular weight excluding hydrogens is 228 g/mol. The van der Waals surface area contributed by atoms with Gasteiger partial charge in [0, 0.05) is 5.39 Å². The standard InChI is InChI=1S/C14H12N2O2/c1-2-7-18-14(17)11-8-10-5-3-4-6-12(10)16-13(11)9-15/h3-6,8H,2,7H2,1H3. The van der Waals surface area contributed by atoms with Gasteiger partial charge in [0.15, 0.2) is 5.69 Å². The molecule has 4 heteroatoms. The molecule has 0 spiro atoms. The molecular formula is C14H12N2O2. The summed E-state index contributed by atoms with van der Waals surface area (Å²) < 4.78 is 5.04. The zero-order valence-electron chi connectivity index (χ0n) is 10.0. The normalized spacial score (nSPS) is 10.0. The summed E-state index contributed by atoms with van der Waals surface area (Å²) in [5.41, 5.74) is 1.03. The van der Waals surface area contributed by atoms with Crippen molar-refractivity contribution in [3.63, 3.8) is 0 Å². The van der Waals surface area contributed by atoms with Crippen LogP contribution >= 0.6 is 0 Å². The van der Waals surface area contributed by atoms with Crippen LogP contribution in [0, 0.1) is 11.3 Å². The molecule has 4 nitrogen and oxygen atoms in total. The van der Waals surface area contributed by atoms with Crippen LogP contribution in [0.15, 0.2) is 30.3 Å². The molecule has 2 rings (SSSR count). The predicted octanol–water partition coefficient (Wildman–Crippen LogP) is 2.67. The smallest absolute Gasteiger partial charge is 0.341 e. The minimum Gasteiger partial charge on any atom is -0.462 e. The highest BCUT2D eigenvalue weighted by Gasteiger charge is 2.15. The Bertz CT molecular complexity index is 629. The molecule has 0 saturated heterocycles. The van der Waals surface area contributed by atoms with Crippen LogP contribution in [-0.2, 0) is 4.74 Å². The molecule has 0 aliphatic heterocycles. The average molecular weight is 240 g/mol. The van der Waals surface area contributed by atoms with Crippen molar-refractivity contribution < 1.29 is 9.53 Å². The second kappa shape index (κ2) is 5.28. The molecule has 18 heavy (non-hydrogen) atoms. The zero-order chi connectivity index (χ0) is 13.0. The molecule has 0 atom stereocenters. The van der Waals surface area contributed by atoms with Gasteiger partial charge in [-0.1, -0.05) is 25.1 Å². The van der Waals surface area contributed by atoms with Gasteiger partial charge in [0.1, 0.15) is 6.07 Å². The summed E-state index contributed by atoms with van der Waals surface area (Å²) in [6.07, 6.45) is 0.745. The fourth-order valence-electron chi connectivity index (χ4n) is 1.63. The summed E-state index contributed by atoms with van der Waals surface area (Å²) in [4.78, 5) is 16.0. The van der Waals surface area contributed by atoms with Crippen LogP contribution in [0.2, 0.25) is 0 Å². The monoisotopic (exact) mass is 240 g/mol. The van der Waals surface area contributed by atoms with Crippen molar-refractivity contribution in [1.29, 1.82) is 5.26 Å². The van der Waals surface area contributed by atoms with Gasteiger partial charge in [-0.25, -0.2) is 9.78 Å². The van der Waals surface area contributed by atoms with Crippen molar-refractivity contribution in [2.24, 2.45) is 0 Å². The topological polar surface area (TPSA) is 63.0 Å². The molecule has 0 N–H and O–H groups in total. The Balaban J connectivity index is 2.49. The molecule has 0 unspecified atom stereocenters. The van der Waals surface area contributed by atoms with Crippen LogP contribution in [0.4, 0.5) is 0 Å². The maximum Gasteiger partial charge on any atom is 0.341 e. The summed E-state index contributed by atoms with van der Waals surface area (Å²) in [6, 6.07) is 10.9. The van der Waals surface area contributed by atoms with E-state index >= 15 is 0 Å². The summed E-state index contributed by atoms with van der Waals surface area (Å²) in [6.45, 7) is 2.26. The molecule has 0 saturated carbocycles. The number of nitriles is 1. The first-order chi connectivity index (χ1) is 8.76. The highest BCUT2D eigenvalue weighted by molar-refractivity contribution is 5.96. The summed E-state index contributed by atoms with van der Waals surface area (Å²) in [5.74, 6) is -0.494. The Labute approximate surface area is 105 Å². The number of carbonyl (C=O) groups is 1. The van der Waals surface area contributed by atoms with Crippen LogP contribution in [0.25, 0.3) is 10.9 Å². The molecule has 0 fully saturated rings. The summed E-state index contributed by atoms with van der Waals surface area (Å²) in [7, 11) is 0. The van der Waals surface area contributed by atoms with Crippen molar-refractivity contribution in [1.82, 2.24) is 4.98 Å². The second-order valence-corrected chi connectivity index (χ2v) is 3.82. The molecule has 1 heterocycles. The van der Waals surface area contributed by atoms with E-state index in [9.17, 15) is 4.79 Å². The molecule has 1 aromatic heterocycles. The SMILES string of the molecule is CCCOC(=O)c1cc2ccccc2nc1C#N. The van der Waals surface area contributed by atoms with Gasteiger partial charge in [-0.05, 0) is 18.6 Å². The lowest BCUT2D eigenvalue weighted by atomic mass is 10.1. The Morgan fingerprint density at radius 3 is 2.94 bits per heavy atom. The maximum absolute atomic E-state index is 11.8. The minimum atomic E-state index is -0.494. The van der Waals surface area contributed by atoms with E-state index < -0.39 is 5.97 Å². The van der Waals surface area contributed by atoms with E-state index in [-0.39, 0.29) is 11.3 Å². The largest absolute Gasteiger partial charge is 0.462 e. The number of fused-ring (bicyclic) bond motifs is 1. The lowest BCUT2D eigenvalue weighted by molar-refractivity contribution is 0.0504. The third-order valence-corrected chi connectivity index (χ3v) is 2.49. The third kappa shape index (κ3) is 2.30. The zero-order valence-corrected chi connectivity index (χ0v) is 10.0. The third-order valence-electron chi connectivity index (χ3n) is 2.49. The van der Waals surface area contributed by atoms with Crippen molar-refractivity contribution in [3.8, 4) is 6.07 Å². The van der Waals surface area contributed by atoms with Crippen LogP contribution in [-0.4, -0.2) is 17.6 Å². The number of nitrogens with zero attached hydrogens (tertiary/aromatic N) is 2. The van der Waals surface area contributed by atoms with Crippen molar-refractivity contribution in [2.75, 3.05) is 6.61 Å². The first kappa shape index (κ1) is 12.1. The summed E-state index contributed by atoms with van der Waals surface area (Å²) >= 11 is 0. The van der Waals surface area contributed by atoms with E-state index in [1.165, 1.54) is 0 Å². The molecule has 0 aliphatic rings. The van der Waals surface area contributed by atoms with E-state index in [4.69, 9.17) is 10.00 Å². The minimum absolute atomic E-state index is 0.106. The Morgan fingerprint density at radius 2 is 2.22 bits per heavy atom. The number of carbonyl (C=O) groups excluding carboxylic acids is 1. The van der Waals surface area contributed by atoms with E-state index in [2.05, 4.69) is 4.98 Å². The van der Waals surface area contributed by atoms with Gasteiger partial charge in [-0.3, -0.25) is 0 Å². The molecule has 2 aromatic rings. The Kier molecular flexibility index (Phi) is 3.54. The highest BCUT2D eigenvalue weighted by Crippen LogP contribution is 2.17. The van der Waals surface area contributed by atoms with E-state index in [1.54, 1.807) is 12.1 Å². The van der Waals surface area contributed by atoms with Gasteiger partial charge in [0.05, 0.1) is 17.7 Å². The number of rotatable bonds is 3. The van der Waals surface area contributed by atoms with Crippen molar-refractivity contribution >= 4 is 16.9 Å². The Hall–Kier alpha value is -2.41. The first-order valence-corrected chi connectivity index (χ1v) is 5.73. The lowest BCUT2D eigenvalue weighted by Gasteiger charge is -2.05. The lowest BCUT2D eigenvalue weighted by Crippen LogP contribution is -2.09. The number of para-hydroxylation sites is 1. The predicted molar refractivity (Wildman–Crippen MR) is 67.0 cm³/mol. The van der Waals surface area contributed by atoms with Crippen LogP contribution < -0.4 is 0 Å². The Morgan fingerprint density at radius 1 is 1.44 bits per heavy atom. The number of pyridine rings is 1. The summed E-state index contributed by atoms with van der Waals surface area (Å²) in [5, 5.41) is 9.85. The number of hydrogen-bond donors (Lipinski definition) is 0. The molecule has 1 aromatic carbocycles. The molecule has 0 radical (unpaired) electrons. The molecule has 90 valence electrons. The number of aromatic nitrogens is 1. The van der Waals surface area contributed by atoms with Gasteiger partial charge >= 0.3 is 5.97 Å². The van der Waals surface area contributed by atoms with E-state index in [1.807, 2.05) is 31.2 Å². The fraction of sp³-hybridized carbons (Fsp3) is 0.214. The number of ether oxygens (including phenoxy) is 1. The maximum atomic E-state index is 11.8. The van der Waals surface area contributed by atoms with E-state index in [0.29, 0.717) is 12.1 Å². The van der Waals surface area contributed by atoms with Crippen molar-refractivity contribution in [2.45, 2.75) is 13.3 Å². The van der Waals surface area contributed by atoms with E-state index in [0.717, 1.165) is 11.8 Å². The molecule has 0 bridgehead atoms. The number of benzene rings is 1. The van der Waals surface area contributed by atoms with Gasteiger partial charge in [-0.15, -0.1) is 0 Å². The quantitative estimate of drug-likeness (QED) is 0.774. The average Bonchev–Trinajstić information content (AvgIpc) is 2.43. The highest BCUT2D eigenvalue weighted by atomic mass is 16.5. The number of hydrogen-bond acceptors (Lipinski definition) is 4. The fourth-order valence-corrected chi connectivity index (χ4v) is 1.63. The van der Waals surface area contributed by atoms with Gasteiger partial charge in [0.25, 0.3) is 0 Å².